The van der Waals surface area contributed by atoms with Gasteiger partial charge in [0.2, 0.25) is 5.91 Å². The van der Waals surface area contributed by atoms with Crippen LogP contribution in [0.5, 0.6) is 0 Å². The molecule has 140 valence electrons. The van der Waals surface area contributed by atoms with Crippen molar-refractivity contribution in [1.29, 1.82) is 0 Å². The molecule has 3 rings (SSSR count). The molecule has 0 radical (unpaired) electrons. The number of thioether (sulfide) groups is 1. The largest absolute Gasteiger partial charge is 0.383 e. The molecule has 26 heavy (non-hydrogen) atoms. The number of ether oxygens (including phenoxy) is 1. The van der Waals surface area contributed by atoms with Crippen molar-refractivity contribution >= 4 is 23.4 Å². The van der Waals surface area contributed by atoms with Gasteiger partial charge in [-0.05, 0) is 24.5 Å². The fourth-order valence-corrected chi connectivity index (χ4v) is 4.07. The van der Waals surface area contributed by atoms with Crippen LogP contribution in [0.25, 0.3) is 0 Å². The molecule has 0 fully saturated rings. The van der Waals surface area contributed by atoms with Gasteiger partial charge >= 0.3 is 0 Å². The highest BCUT2D eigenvalue weighted by Gasteiger charge is 2.23. The molecule has 0 bridgehead atoms. The van der Waals surface area contributed by atoms with Crippen molar-refractivity contribution in [1.82, 2.24) is 14.8 Å². The Morgan fingerprint density at radius 2 is 2.12 bits per heavy atom. The van der Waals surface area contributed by atoms with Gasteiger partial charge in [0, 0.05) is 31.8 Å². The maximum absolute atomic E-state index is 12.8. The summed E-state index contributed by atoms with van der Waals surface area (Å²) in [7, 11) is 1.68. The van der Waals surface area contributed by atoms with Gasteiger partial charge in [0.05, 0.1) is 12.4 Å². The van der Waals surface area contributed by atoms with E-state index in [9.17, 15) is 4.79 Å². The number of rotatable bonds is 7. The van der Waals surface area contributed by atoms with Gasteiger partial charge in [0.25, 0.3) is 0 Å². The predicted octanol–water partition coefficient (Wildman–Crippen LogP) is 3.12. The third-order valence-corrected chi connectivity index (χ3v) is 5.47. The molecule has 0 unspecified atom stereocenters. The average molecular weight is 375 g/mol. The summed E-state index contributed by atoms with van der Waals surface area (Å²) in [4.78, 5) is 14.7. The number of carbonyl (C=O) groups is 1. The number of aromatic nitrogens is 3. The van der Waals surface area contributed by atoms with E-state index in [0.717, 1.165) is 36.1 Å². The van der Waals surface area contributed by atoms with Crippen molar-refractivity contribution in [3.05, 3.63) is 35.7 Å². The van der Waals surface area contributed by atoms with Crippen LogP contribution in [0.4, 0.5) is 5.69 Å². The number of aryl methyl sites for hydroxylation is 1. The Kier molecular flexibility index (Phi) is 6.32. The van der Waals surface area contributed by atoms with Crippen LogP contribution in [0, 0.1) is 0 Å². The molecule has 6 nitrogen and oxygen atoms in total. The van der Waals surface area contributed by atoms with Gasteiger partial charge in [-0.2, -0.15) is 0 Å². The minimum Gasteiger partial charge on any atom is -0.383 e. The third-order valence-electron chi connectivity index (χ3n) is 4.52. The van der Waals surface area contributed by atoms with Crippen LogP contribution in [0.3, 0.4) is 0 Å². The van der Waals surface area contributed by atoms with E-state index >= 15 is 0 Å². The van der Waals surface area contributed by atoms with E-state index in [4.69, 9.17) is 4.74 Å². The van der Waals surface area contributed by atoms with E-state index in [1.165, 1.54) is 17.3 Å². The highest BCUT2D eigenvalue weighted by Crippen LogP contribution is 2.28. The van der Waals surface area contributed by atoms with Gasteiger partial charge in [-0.1, -0.05) is 43.8 Å². The third kappa shape index (κ3) is 4.10. The summed E-state index contributed by atoms with van der Waals surface area (Å²) in [5, 5.41) is 9.39. The first-order chi connectivity index (χ1) is 12.6. The Morgan fingerprint density at radius 3 is 2.88 bits per heavy atom. The minimum absolute atomic E-state index is 0.120. The van der Waals surface area contributed by atoms with Gasteiger partial charge in [-0.3, -0.25) is 4.79 Å². The van der Waals surface area contributed by atoms with Gasteiger partial charge in [-0.25, -0.2) is 0 Å². The fraction of sp³-hybridized carbons (Fsp3) is 0.526. The van der Waals surface area contributed by atoms with Crippen molar-refractivity contribution < 1.29 is 9.53 Å². The summed E-state index contributed by atoms with van der Waals surface area (Å²) in [5.74, 6) is 1.69. The molecule has 1 amide bonds. The molecule has 2 heterocycles. The number of fused-ring (bicyclic) bond motifs is 1. The summed E-state index contributed by atoms with van der Waals surface area (Å²) in [5.41, 5.74) is 2.30. The van der Waals surface area contributed by atoms with E-state index in [1.54, 1.807) is 7.11 Å². The quantitative estimate of drug-likeness (QED) is 0.697. The first-order valence-corrected chi connectivity index (χ1v) is 10.0. The van der Waals surface area contributed by atoms with Crippen LogP contribution in [0.2, 0.25) is 0 Å². The first kappa shape index (κ1) is 18.9. The molecular weight excluding hydrogens is 348 g/mol. The summed E-state index contributed by atoms with van der Waals surface area (Å²) in [6.07, 6.45) is 2.05. The van der Waals surface area contributed by atoms with Crippen LogP contribution in [0.15, 0.2) is 29.4 Å². The molecule has 0 atom stereocenters. The standard InChI is InChI=1S/C19H26N4O2S/c1-14(2)18-20-21-19(23(18)11-12-25-3)26-13-17(24)22-10-6-8-15-7-4-5-9-16(15)22/h4-5,7,9,14H,6,8,10-13H2,1-3H3. The molecule has 0 saturated heterocycles. The van der Waals surface area contributed by atoms with Crippen LogP contribution in [0.1, 0.15) is 37.6 Å². The second-order valence-corrected chi connectivity index (χ2v) is 7.65. The Labute approximate surface area is 158 Å². The Bertz CT molecular complexity index is 760. The molecule has 1 aliphatic rings. The number of hydrogen-bond acceptors (Lipinski definition) is 5. The second-order valence-electron chi connectivity index (χ2n) is 6.71. The molecule has 0 spiro atoms. The number of benzene rings is 1. The molecule has 0 aliphatic carbocycles. The SMILES string of the molecule is COCCn1c(SCC(=O)N2CCCc3ccccc32)nnc1C(C)C. The first-order valence-electron chi connectivity index (χ1n) is 9.05. The zero-order chi connectivity index (χ0) is 18.5. The van der Waals surface area contributed by atoms with E-state index in [-0.39, 0.29) is 11.8 Å². The Balaban J connectivity index is 1.70. The average Bonchev–Trinajstić information content (AvgIpc) is 3.07. The molecule has 0 saturated carbocycles. The lowest BCUT2D eigenvalue weighted by molar-refractivity contribution is -0.116. The number of hydrogen-bond donors (Lipinski definition) is 0. The summed E-state index contributed by atoms with van der Waals surface area (Å²) in [6.45, 7) is 6.26. The molecule has 7 heteroatoms. The number of anilines is 1. The summed E-state index contributed by atoms with van der Waals surface area (Å²) < 4.78 is 7.27. The van der Waals surface area contributed by atoms with E-state index in [2.05, 4.69) is 34.7 Å². The minimum atomic E-state index is 0.120. The highest BCUT2D eigenvalue weighted by molar-refractivity contribution is 7.99. The summed E-state index contributed by atoms with van der Waals surface area (Å²) >= 11 is 1.45. The number of methoxy groups -OCH3 is 1. The van der Waals surface area contributed by atoms with Crippen LogP contribution < -0.4 is 4.90 Å². The molecule has 1 aromatic carbocycles. The lowest BCUT2D eigenvalue weighted by Gasteiger charge is -2.29. The van der Waals surface area contributed by atoms with Crippen LogP contribution in [-0.4, -0.2) is 46.7 Å². The topological polar surface area (TPSA) is 60.2 Å². The fourth-order valence-electron chi connectivity index (χ4n) is 3.22. The van der Waals surface area contributed by atoms with Gasteiger partial charge < -0.3 is 14.2 Å². The van der Waals surface area contributed by atoms with Gasteiger partial charge in [-0.15, -0.1) is 10.2 Å². The number of para-hydroxylation sites is 1. The van der Waals surface area contributed by atoms with Crippen molar-refractivity contribution in [2.24, 2.45) is 0 Å². The highest BCUT2D eigenvalue weighted by atomic mass is 32.2. The van der Waals surface area contributed by atoms with Gasteiger partial charge in [0.1, 0.15) is 5.82 Å². The normalized spacial score (nSPS) is 13.9. The van der Waals surface area contributed by atoms with Crippen molar-refractivity contribution in [3.63, 3.8) is 0 Å². The monoisotopic (exact) mass is 374 g/mol. The van der Waals surface area contributed by atoms with E-state index in [0.29, 0.717) is 18.9 Å². The summed E-state index contributed by atoms with van der Waals surface area (Å²) in [6, 6.07) is 8.17. The Morgan fingerprint density at radius 1 is 1.31 bits per heavy atom. The number of nitrogens with zero attached hydrogens (tertiary/aromatic N) is 4. The van der Waals surface area contributed by atoms with Crippen LogP contribution in [-0.2, 0) is 22.5 Å². The smallest absolute Gasteiger partial charge is 0.237 e. The second kappa shape index (κ2) is 8.68. The number of amides is 1. The number of carbonyl (C=O) groups excluding carboxylic acids is 1. The zero-order valence-electron chi connectivity index (χ0n) is 15.6. The maximum Gasteiger partial charge on any atom is 0.237 e. The lowest BCUT2D eigenvalue weighted by atomic mass is 10.0. The van der Waals surface area contributed by atoms with Crippen molar-refractivity contribution in [3.8, 4) is 0 Å². The molecule has 2 aromatic rings. The van der Waals surface area contributed by atoms with E-state index < -0.39 is 0 Å². The Hall–Kier alpha value is -1.86. The predicted molar refractivity (Wildman–Crippen MR) is 104 cm³/mol. The molecule has 1 aliphatic heterocycles. The zero-order valence-corrected chi connectivity index (χ0v) is 16.5. The lowest BCUT2D eigenvalue weighted by Crippen LogP contribution is -2.36. The van der Waals surface area contributed by atoms with E-state index in [1.807, 2.05) is 23.1 Å². The van der Waals surface area contributed by atoms with Gasteiger partial charge in [0.15, 0.2) is 5.16 Å². The van der Waals surface area contributed by atoms with Crippen molar-refractivity contribution in [2.45, 2.75) is 44.3 Å². The molecular formula is C19H26N4O2S. The molecule has 1 aromatic heterocycles. The molecule has 0 N–H and O–H groups in total. The van der Waals surface area contributed by atoms with Crippen molar-refractivity contribution in [2.75, 3.05) is 30.9 Å². The van der Waals surface area contributed by atoms with Crippen LogP contribution >= 0.6 is 11.8 Å². The maximum atomic E-state index is 12.8.